The minimum atomic E-state index is -0.791. The summed E-state index contributed by atoms with van der Waals surface area (Å²) in [6.07, 6.45) is 2.05. The molecule has 1 unspecified atom stereocenters. The first-order valence-electron chi connectivity index (χ1n) is 7.57. The Morgan fingerprint density at radius 3 is 2.33 bits per heavy atom. The fourth-order valence-corrected chi connectivity index (χ4v) is 3.48. The Kier molecular flexibility index (Phi) is 3.30. The molecule has 0 radical (unpaired) electrons. The lowest BCUT2D eigenvalue weighted by molar-refractivity contribution is -0.131. The van der Waals surface area contributed by atoms with Gasteiger partial charge in [-0.1, -0.05) is 6.92 Å². The summed E-state index contributed by atoms with van der Waals surface area (Å²) in [6, 6.07) is -0.271. The van der Waals surface area contributed by atoms with Crippen molar-refractivity contribution >= 4 is 18.0 Å². The third kappa shape index (κ3) is 2.24. The van der Waals surface area contributed by atoms with Gasteiger partial charge in [0.05, 0.1) is 0 Å². The maximum atomic E-state index is 12.4. The van der Waals surface area contributed by atoms with E-state index in [0.29, 0.717) is 31.8 Å². The van der Waals surface area contributed by atoms with Gasteiger partial charge in [0.2, 0.25) is 0 Å². The number of imide groups is 1. The number of nitrogens with one attached hydrogen (secondary N) is 1. The van der Waals surface area contributed by atoms with Crippen LogP contribution in [0.4, 0.5) is 9.59 Å². The molecule has 0 aromatic rings. The SMILES string of the molecule is CC1CCN(C(=O)N2CCC3(CC2)NC(=O)N(C)C3=O)C1. The molecule has 1 spiro atoms. The second-order valence-corrected chi connectivity index (χ2v) is 6.49. The molecular weight excluding hydrogens is 272 g/mol. The normalized spacial score (nSPS) is 28.5. The van der Waals surface area contributed by atoms with Gasteiger partial charge < -0.3 is 15.1 Å². The van der Waals surface area contributed by atoms with E-state index in [1.165, 1.54) is 7.05 Å². The fourth-order valence-electron chi connectivity index (χ4n) is 3.48. The summed E-state index contributed by atoms with van der Waals surface area (Å²) in [5.74, 6) is 0.392. The summed E-state index contributed by atoms with van der Waals surface area (Å²) < 4.78 is 0. The molecule has 1 atom stereocenters. The number of nitrogens with zero attached hydrogens (tertiary/aromatic N) is 3. The Morgan fingerprint density at radius 2 is 1.86 bits per heavy atom. The molecule has 0 aliphatic carbocycles. The van der Waals surface area contributed by atoms with Crippen molar-refractivity contribution in [2.75, 3.05) is 33.2 Å². The lowest BCUT2D eigenvalue weighted by atomic mass is 9.87. The van der Waals surface area contributed by atoms with Crippen molar-refractivity contribution in [1.29, 1.82) is 0 Å². The molecule has 1 N–H and O–H groups in total. The van der Waals surface area contributed by atoms with E-state index in [0.717, 1.165) is 24.4 Å². The largest absolute Gasteiger partial charge is 0.324 e. The van der Waals surface area contributed by atoms with Crippen LogP contribution in [0.3, 0.4) is 0 Å². The highest BCUT2D eigenvalue weighted by molar-refractivity contribution is 6.06. The zero-order valence-electron chi connectivity index (χ0n) is 12.6. The maximum absolute atomic E-state index is 12.4. The quantitative estimate of drug-likeness (QED) is 0.660. The molecule has 0 bridgehead atoms. The van der Waals surface area contributed by atoms with E-state index >= 15 is 0 Å². The molecule has 3 saturated heterocycles. The number of amides is 5. The smallest absolute Gasteiger partial charge is 0.324 e. The maximum Gasteiger partial charge on any atom is 0.324 e. The number of carbonyl (C=O) groups is 3. The van der Waals surface area contributed by atoms with Crippen LogP contribution in [0.5, 0.6) is 0 Å². The zero-order valence-corrected chi connectivity index (χ0v) is 12.6. The molecule has 5 amide bonds. The van der Waals surface area contributed by atoms with E-state index in [2.05, 4.69) is 12.2 Å². The molecule has 116 valence electrons. The summed E-state index contributed by atoms with van der Waals surface area (Å²) in [7, 11) is 1.50. The van der Waals surface area contributed by atoms with E-state index in [4.69, 9.17) is 0 Å². The minimum Gasteiger partial charge on any atom is -0.324 e. The van der Waals surface area contributed by atoms with Gasteiger partial charge in [0.1, 0.15) is 5.54 Å². The Bertz CT molecular complexity index is 485. The molecule has 3 heterocycles. The first-order valence-corrected chi connectivity index (χ1v) is 7.57. The molecule has 0 saturated carbocycles. The van der Waals surface area contributed by atoms with E-state index < -0.39 is 5.54 Å². The van der Waals surface area contributed by atoms with Crippen molar-refractivity contribution in [3.8, 4) is 0 Å². The first kappa shape index (κ1) is 14.2. The van der Waals surface area contributed by atoms with Gasteiger partial charge in [-0.05, 0) is 25.2 Å². The lowest BCUT2D eigenvalue weighted by Crippen LogP contribution is -2.57. The standard InChI is InChI=1S/C14H22N4O3/c1-10-3-6-18(9-10)13(21)17-7-4-14(5-8-17)11(19)16(2)12(20)15-14/h10H,3-9H2,1-2H3,(H,15,20). The van der Waals surface area contributed by atoms with Crippen molar-refractivity contribution in [1.82, 2.24) is 20.0 Å². The summed E-state index contributed by atoms with van der Waals surface area (Å²) in [4.78, 5) is 41.1. The predicted octanol–water partition coefficient (Wildman–Crippen LogP) is 0.464. The zero-order chi connectivity index (χ0) is 15.2. The average molecular weight is 294 g/mol. The topological polar surface area (TPSA) is 73.0 Å². The number of carbonyl (C=O) groups excluding carboxylic acids is 3. The molecule has 3 aliphatic rings. The van der Waals surface area contributed by atoms with Crippen molar-refractivity contribution in [3.63, 3.8) is 0 Å². The number of hydrogen-bond acceptors (Lipinski definition) is 3. The number of likely N-dealkylation sites (tertiary alicyclic amines) is 2. The van der Waals surface area contributed by atoms with E-state index in [1.54, 1.807) is 4.90 Å². The highest BCUT2D eigenvalue weighted by atomic mass is 16.2. The molecule has 7 nitrogen and oxygen atoms in total. The van der Waals surface area contributed by atoms with Crippen molar-refractivity contribution in [3.05, 3.63) is 0 Å². The number of hydrogen-bond donors (Lipinski definition) is 1. The van der Waals surface area contributed by atoms with Crippen LogP contribution in [-0.2, 0) is 4.79 Å². The van der Waals surface area contributed by atoms with Crippen LogP contribution in [0, 0.1) is 5.92 Å². The highest BCUT2D eigenvalue weighted by Gasteiger charge is 2.51. The summed E-state index contributed by atoms with van der Waals surface area (Å²) in [5, 5.41) is 2.79. The number of piperidine rings is 1. The highest BCUT2D eigenvalue weighted by Crippen LogP contribution is 2.29. The van der Waals surface area contributed by atoms with Crippen LogP contribution in [0.2, 0.25) is 0 Å². The van der Waals surface area contributed by atoms with Gasteiger partial charge in [-0.3, -0.25) is 9.69 Å². The van der Waals surface area contributed by atoms with Gasteiger partial charge in [-0.25, -0.2) is 9.59 Å². The van der Waals surface area contributed by atoms with Gasteiger partial charge in [-0.15, -0.1) is 0 Å². The number of urea groups is 2. The monoisotopic (exact) mass is 294 g/mol. The summed E-state index contributed by atoms with van der Waals surface area (Å²) >= 11 is 0. The van der Waals surface area contributed by atoms with Crippen LogP contribution in [0.15, 0.2) is 0 Å². The van der Waals surface area contributed by atoms with E-state index in [-0.39, 0.29) is 18.0 Å². The Morgan fingerprint density at radius 1 is 1.19 bits per heavy atom. The minimum absolute atomic E-state index is 0.0688. The van der Waals surface area contributed by atoms with E-state index in [1.807, 2.05) is 4.90 Å². The van der Waals surface area contributed by atoms with Gasteiger partial charge in [0.25, 0.3) is 5.91 Å². The average Bonchev–Trinajstić information content (AvgIpc) is 2.99. The van der Waals surface area contributed by atoms with Gasteiger partial charge in [-0.2, -0.15) is 0 Å². The second kappa shape index (κ2) is 4.89. The Hall–Kier alpha value is -1.79. The molecule has 3 fully saturated rings. The second-order valence-electron chi connectivity index (χ2n) is 6.49. The van der Waals surface area contributed by atoms with Crippen molar-refractivity contribution in [2.45, 2.75) is 31.7 Å². The lowest BCUT2D eigenvalue weighted by Gasteiger charge is -2.38. The first-order chi connectivity index (χ1) is 9.93. The van der Waals surface area contributed by atoms with Crippen LogP contribution in [0.25, 0.3) is 0 Å². The molecule has 21 heavy (non-hydrogen) atoms. The summed E-state index contributed by atoms with van der Waals surface area (Å²) in [5.41, 5.74) is -0.791. The molecule has 0 aromatic carbocycles. The molecule has 0 aromatic heterocycles. The predicted molar refractivity (Wildman–Crippen MR) is 75.6 cm³/mol. The molecule has 3 rings (SSSR count). The van der Waals surface area contributed by atoms with Gasteiger partial charge >= 0.3 is 12.1 Å². The van der Waals surface area contributed by atoms with E-state index in [9.17, 15) is 14.4 Å². The molecule has 3 aliphatic heterocycles. The van der Waals surface area contributed by atoms with Crippen molar-refractivity contribution < 1.29 is 14.4 Å². The van der Waals surface area contributed by atoms with Crippen LogP contribution in [-0.4, -0.2) is 71.4 Å². The molecular formula is C14H22N4O3. The number of likely N-dealkylation sites (N-methyl/N-ethyl adjacent to an activating group) is 1. The fraction of sp³-hybridized carbons (Fsp3) is 0.786. The Balaban J connectivity index is 1.62. The Labute approximate surface area is 124 Å². The van der Waals surface area contributed by atoms with Crippen LogP contribution >= 0.6 is 0 Å². The number of rotatable bonds is 0. The van der Waals surface area contributed by atoms with Crippen molar-refractivity contribution in [2.24, 2.45) is 5.92 Å². The van der Waals surface area contributed by atoms with Gasteiger partial charge in [0, 0.05) is 33.2 Å². The van der Waals surface area contributed by atoms with Gasteiger partial charge in [0.15, 0.2) is 0 Å². The summed E-state index contributed by atoms with van der Waals surface area (Å²) in [6.45, 7) is 4.83. The third-order valence-corrected chi connectivity index (χ3v) is 4.95. The van der Waals surface area contributed by atoms with Crippen LogP contribution in [0.1, 0.15) is 26.2 Å². The molecule has 7 heteroatoms. The third-order valence-electron chi connectivity index (χ3n) is 4.95. The van der Waals surface area contributed by atoms with Crippen LogP contribution < -0.4 is 5.32 Å².